The van der Waals surface area contributed by atoms with E-state index in [0.717, 1.165) is 17.5 Å². The zero-order valence-corrected chi connectivity index (χ0v) is 14.5. The Balaban J connectivity index is 1.67. The molecule has 0 aromatic heterocycles. The Morgan fingerprint density at radius 3 is 2.43 bits per heavy atom. The van der Waals surface area contributed by atoms with E-state index >= 15 is 0 Å². The van der Waals surface area contributed by atoms with Gasteiger partial charge in [0.1, 0.15) is 0 Å². The molecular formula is C19H30ClN. The maximum Gasteiger partial charge on any atom is 0.0406 e. The molecule has 0 spiro atoms. The van der Waals surface area contributed by atoms with E-state index in [0.29, 0.717) is 11.5 Å². The fourth-order valence-electron chi connectivity index (χ4n) is 3.15. The Labute approximate surface area is 135 Å². The molecular weight excluding hydrogens is 278 g/mol. The Hall–Kier alpha value is -0.530. The van der Waals surface area contributed by atoms with Crippen LogP contribution < -0.4 is 5.32 Å². The van der Waals surface area contributed by atoms with E-state index in [2.05, 4.69) is 38.2 Å². The average Bonchev–Trinajstić information content (AvgIpc) is 2.39. The van der Waals surface area contributed by atoms with Gasteiger partial charge in [-0.2, -0.15) is 0 Å². The van der Waals surface area contributed by atoms with E-state index in [1.165, 1.54) is 44.1 Å². The molecule has 0 amide bonds. The minimum Gasteiger partial charge on any atom is -0.313 e. The third-order valence-electron chi connectivity index (χ3n) is 4.81. The first-order valence-electron chi connectivity index (χ1n) is 8.49. The molecule has 1 aromatic carbocycles. The van der Waals surface area contributed by atoms with Crippen LogP contribution in [-0.2, 0) is 0 Å². The summed E-state index contributed by atoms with van der Waals surface area (Å²) in [5, 5.41) is 4.61. The number of hydrogen-bond donors (Lipinski definition) is 1. The zero-order chi connectivity index (χ0) is 15.3. The molecule has 2 rings (SSSR count). The molecule has 0 bridgehead atoms. The topological polar surface area (TPSA) is 12.0 Å². The van der Waals surface area contributed by atoms with Crippen molar-refractivity contribution in [3.8, 4) is 0 Å². The highest BCUT2D eigenvalue weighted by Gasteiger charge is 2.31. The van der Waals surface area contributed by atoms with E-state index in [1.54, 1.807) is 0 Å². The van der Waals surface area contributed by atoms with Gasteiger partial charge in [0, 0.05) is 17.6 Å². The smallest absolute Gasteiger partial charge is 0.0406 e. The number of nitrogens with one attached hydrogen (secondary N) is 1. The van der Waals surface area contributed by atoms with Gasteiger partial charge in [-0.05, 0) is 48.3 Å². The lowest BCUT2D eigenvalue weighted by atomic mass is 9.75. The number of hydrogen-bond acceptors (Lipinski definition) is 1. The third kappa shape index (κ3) is 5.30. The number of benzene rings is 1. The highest BCUT2D eigenvalue weighted by Crippen LogP contribution is 2.37. The van der Waals surface area contributed by atoms with Gasteiger partial charge in [0.05, 0.1) is 0 Å². The maximum atomic E-state index is 5.95. The van der Waals surface area contributed by atoms with E-state index in [-0.39, 0.29) is 0 Å². The lowest BCUT2D eigenvalue weighted by molar-refractivity contribution is 0.231. The summed E-state index contributed by atoms with van der Waals surface area (Å²) in [6.45, 7) is 8.21. The van der Waals surface area contributed by atoms with E-state index in [1.807, 2.05) is 12.1 Å². The monoisotopic (exact) mass is 307 g/mol. The average molecular weight is 308 g/mol. The van der Waals surface area contributed by atoms with Crippen molar-refractivity contribution in [2.24, 2.45) is 5.41 Å². The summed E-state index contributed by atoms with van der Waals surface area (Å²) in [7, 11) is 0. The first kappa shape index (κ1) is 16.8. The number of halogens is 1. The summed E-state index contributed by atoms with van der Waals surface area (Å²) in [6, 6.07) is 9.08. The van der Waals surface area contributed by atoms with Gasteiger partial charge in [0.2, 0.25) is 0 Å². The quantitative estimate of drug-likeness (QED) is 0.600. The van der Waals surface area contributed by atoms with E-state index in [9.17, 15) is 0 Å². The fourth-order valence-corrected chi connectivity index (χ4v) is 3.28. The first-order chi connectivity index (χ1) is 10.00. The molecule has 1 aliphatic carbocycles. The Morgan fingerprint density at radius 1 is 1.14 bits per heavy atom. The predicted molar refractivity (Wildman–Crippen MR) is 93.1 cm³/mol. The molecule has 1 nitrogen and oxygen atoms in total. The van der Waals surface area contributed by atoms with Crippen molar-refractivity contribution < 1.29 is 0 Å². The molecule has 0 atom stereocenters. The Kier molecular flexibility index (Phi) is 6.13. The summed E-state index contributed by atoms with van der Waals surface area (Å²) in [4.78, 5) is 0. The SMILES string of the molecule is CCCCCC(C)(C)CNC1CC(c2ccc(Cl)cc2)C1. The first-order valence-corrected chi connectivity index (χ1v) is 8.87. The van der Waals surface area contributed by atoms with Crippen LogP contribution in [0.2, 0.25) is 5.02 Å². The van der Waals surface area contributed by atoms with Crippen molar-refractivity contribution in [1.82, 2.24) is 5.32 Å². The molecule has 21 heavy (non-hydrogen) atoms. The lowest BCUT2D eigenvalue weighted by Crippen LogP contribution is -2.44. The normalized spacial score (nSPS) is 22.1. The third-order valence-corrected chi connectivity index (χ3v) is 5.06. The van der Waals surface area contributed by atoms with Gasteiger partial charge in [0.15, 0.2) is 0 Å². The summed E-state index contributed by atoms with van der Waals surface area (Å²) >= 11 is 5.95. The molecule has 1 aliphatic rings. The second-order valence-electron chi connectivity index (χ2n) is 7.42. The van der Waals surface area contributed by atoms with Crippen LogP contribution in [0.15, 0.2) is 24.3 Å². The van der Waals surface area contributed by atoms with Crippen molar-refractivity contribution in [2.75, 3.05) is 6.54 Å². The van der Waals surface area contributed by atoms with Crippen LogP contribution in [0.25, 0.3) is 0 Å². The highest BCUT2D eigenvalue weighted by molar-refractivity contribution is 6.30. The molecule has 2 heteroatoms. The lowest BCUT2D eigenvalue weighted by Gasteiger charge is -2.38. The van der Waals surface area contributed by atoms with Crippen molar-refractivity contribution in [1.29, 1.82) is 0 Å². The van der Waals surface area contributed by atoms with Crippen molar-refractivity contribution in [3.05, 3.63) is 34.9 Å². The molecule has 0 unspecified atom stereocenters. The molecule has 1 saturated carbocycles. The van der Waals surface area contributed by atoms with Gasteiger partial charge < -0.3 is 5.32 Å². The number of rotatable bonds is 8. The molecule has 1 fully saturated rings. The minimum atomic E-state index is 0.431. The van der Waals surface area contributed by atoms with Crippen LogP contribution in [0.3, 0.4) is 0 Å². The van der Waals surface area contributed by atoms with E-state index < -0.39 is 0 Å². The summed E-state index contributed by atoms with van der Waals surface area (Å²) in [5.74, 6) is 0.725. The molecule has 0 saturated heterocycles. The standard InChI is InChI=1S/C19H30ClN/c1-4-5-6-11-19(2,3)14-21-18-12-16(13-18)15-7-9-17(20)10-8-15/h7-10,16,18,21H,4-6,11-14H2,1-3H3. The van der Waals surface area contributed by atoms with Crippen molar-refractivity contribution in [2.45, 2.75) is 71.3 Å². The molecule has 0 radical (unpaired) electrons. The Morgan fingerprint density at radius 2 is 1.81 bits per heavy atom. The molecule has 1 N–H and O–H groups in total. The summed E-state index contributed by atoms with van der Waals surface area (Å²) in [5.41, 5.74) is 1.88. The molecule has 0 heterocycles. The van der Waals surface area contributed by atoms with Gasteiger partial charge >= 0.3 is 0 Å². The largest absolute Gasteiger partial charge is 0.313 e. The van der Waals surface area contributed by atoms with Crippen LogP contribution >= 0.6 is 11.6 Å². The zero-order valence-electron chi connectivity index (χ0n) is 13.8. The van der Waals surface area contributed by atoms with Crippen LogP contribution in [-0.4, -0.2) is 12.6 Å². The number of unbranched alkanes of at least 4 members (excludes halogenated alkanes) is 2. The van der Waals surface area contributed by atoms with Crippen molar-refractivity contribution in [3.63, 3.8) is 0 Å². The van der Waals surface area contributed by atoms with Gasteiger partial charge in [0.25, 0.3) is 0 Å². The molecule has 118 valence electrons. The van der Waals surface area contributed by atoms with Crippen LogP contribution in [0.5, 0.6) is 0 Å². The minimum absolute atomic E-state index is 0.431. The Bertz CT molecular complexity index is 418. The summed E-state index contributed by atoms with van der Waals surface area (Å²) < 4.78 is 0. The predicted octanol–water partition coefficient (Wildman–Crippen LogP) is 5.78. The fraction of sp³-hybridized carbons (Fsp3) is 0.684. The van der Waals surface area contributed by atoms with E-state index in [4.69, 9.17) is 11.6 Å². The van der Waals surface area contributed by atoms with Crippen LogP contribution in [0.1, 0.15) is 70.8 Å². The van der Waals surface area contributed by atoms with Gasteiger partial charge in [-0.25, -0.2) is 0 Å². The van der Waals surface area contributed by atoms with Gasteiger partial charge in [-0.15, -0.1) is 0 Å². The second-order valence-corrected chi connectivity index (χ2v) is 7.86. The van der Waals surface area contributed by atoms with Crippen molar-refractivity contribution >= 4 is 11.6 Å². The second kappa shape index (κ2) is 7.65. The van der Waals surface area contributed by atoms with Gasteiger partial charge in [-0.1, -0.05) is 63.8 Å². The summed E-state index contributed by atoms with van der Waals surface area (Å²) in [6.07, 6.45) is 7.92. The molecule has 0 aliphatic heterocycles. The van der Waals surface area contributed by atoms with Crippen LogP contribution in [0, 0.1) is 5.41 Å². The molecule has 1 aromatic rings. The van der Waals surface area contributed by atoms with Gasteiger partial charge in [-0.3, -0.25) is 0 Å². The maximum absolute atomic E-state index is 5.95. The highest BCUT2D eigenvalue weighted by atomic mass is 35.5. The van der Waals surface area contributed by atoms with Crippen LogP contribution in [0.4, 0.5) is 0 Å².